The summed E-state index contributed by atoms with van der Waals surface area (Å²) in [6.45, 7) is 0. The number of halogens is 2. The molecule has 1 aromatic heterocycles. The van der Waals surface area contributed by atoms with E-state index >= 15 is 0 Å². The second-order valence-electron chi connectivity index (χ2n) is 6.69. The first-order valence-electron chi connectivity index (χ1n) is 9.41. The van der Waals surface area contributed by atoms with Crippen molar-refractivity contribution in [2.45, 2.75) is 0 Å². The van der Waals surface area contributed by atoms with Crippen molar-refractivity contribution in [1.29, 1.82) is 0 Å². The van der Waals surface area contributed by atoms with Gasteiger partial charge in [0.2, 0.25) is 11.6 Å². The summed E-state index contributed by atoms with van der Waals surface area (Å²) in [5.41, 5.74) is 2.54. The lowest BCUT2D eigenvalue weighted by Crippen LogP contribution is -2.12. The van der Waals surface area contributed by atoms with Crippen LogP contribution in [0.4, 0.5) is 5.69 Å². The zero-order valence-electron chi connectivity index (χ0n) is 17.4. The highest BCUT2D eigenvalue weighted by molar-refractivity contribution is 6.33. The van der Waals surface area contributed by atoms with Crippen LogP contribution in [0.5, 0.6) is 17.2 Å². The largest absolute Gasteiger partial charge is 0.493 e. The minimum atomic E-state index is -0.373. The Balaban J connectivity index is 1.66. The third-order valence-corrected chi connectivity index (χ3v) is 5.30. The van der Waals surface area contributed by atoms with Crippen molar-refractivity contribution >= 4 is 45.9 Å². The van der Waals surface area contributed by atoms with Gasteiger partial charge < -0.3 is 23.9 Å². The first-order valence-corrected chi connectivity index (χ1v) is 10.2. The Bertz CT molecular complexity index is 1290. The molecule has 0 aliphatic heterocycles. The van der Waals surface area contributed by atoms with Gasteiger partial charge in [-0.2, -0.15) is 0 Å². The van der Waals surface area contributed by atoms with Gasteiger partial charge in [-0.3, -0.25) is 4.79 Å². The molecule has 9 heteroatoms. The number of anilines is 1. The number of ether oxygens (including phenoxy) is 3. The molecule has 0 aliphatic carbocycles. The molecule has 4 rings (SSSR count). The van der Waals surface area contributed by atoms with E-state index in [4.69, 9.17) is 41.8 Å². The van der Waals surface area contributed by atoms with E-state index in [0.717, 1.165) is 0 Å². The van der Waals surface area contributed by atoms with Gasteiger partial charge in [-0.25, -0.2) is 4.98 Å². The molecule has 1 N–H and O–H groups in total. The molecule has 7 nitrogen and oxygen atoms in total. The van der Waals surface area contributed by atoms with Crippen LogP contribution in [0.2, 0.25) is 10.0 Å². The molecule has 1 heterocycles. The van der Waals surface area contributed by atoms with Gasteiger partial charge in [0.1, 0.15) is 5.52 Å². The number of carbonyl (C=O) groups excluding carboxylic acids is 1. The molecular formula is C23H18Cl2N2O5. The summed E-state index contributed by atoms with van der Waals surface area (Å²) in [7, 11) is 4.46. The smallest absolute Gasteiger partial charge is 0.255 e. The Morgan fingerprint density at radius 1 is 0.938 bits per heavy atom. The lowest BCUT2D eigenvalue weighted by molar-refractivity contribution is 0.102. The van der Waals surface area contributed by atoms with Gasteiger partial charge in [-0.1, -0.05) is 23.2 Å². The van der Waals surface area contributed by atoms with Crippen molar-refractivity contribution in [3.05, 3.63) is 64.1 Å². The fraction of sp³-hybridized carbons (Fsp3) is 0.130. The quantitative estimate of drug-likeness (QED) is 0.366. The predicted octanol–water partition coefficient (Wildman–Crippen LogP) is 6.08. The van der Waals surface area contributed by atoms with E-state index in [2.05, 4.69) is 10.3 Å². The van der Waals surface area contributed by atoms with E-state index in [-0.39, 0.29) is 5.91 Å². The van der Waals surface area contributed by atoms with Crippen LogP contribution in [0.1, 0.15) is 10.4 Å². The van der Waals surface area contributed by atoms with E-state index in [0.29, 0.717) is 61.1 Å². The molecule has 0 atom stereocenters. The molecular weight excluding hydrogens is 455 g/mol. The van der Waals surface area contributed by atoms with Gasteiger partial charge in [-0.15, -0.1) is 0 Å². The van der Waals surface area contributed by atoms with E-state index in [1.54, 1.807) is 48.5 Å². The van der Waals surface area contributed by atoms with Gasteiger partial charge in [0.05, 0.1) is 31.9 Å². The van der Waals surface area contributed by atoms with Gasteiger partial charge in [0.25, 0.3) is 5.91 Å². The number of hydrogen-bond acceptors (Lipinski definition) is 6. The van der Waals surface area contributed by atoms with Crippen LogP contribution in [-0.2, 0) is 0 Å². The molecule has 0 saturated heterocycles. The van der Waals surface area contributed by atoms with E-state index in [1.807, 2.05) is 0 Å². The molecule has 164 valence electrons. The van der Waals surface area contributed by atoms with Crippen LogP contribution in [0.15, 0.2) is 52.9 Å². The second kappa shape index (κ2) is 8.98. The average Bonchev–Trinajstić information content (AvgIpc) is 3.22. The summed E-state index contributed by atoms with van der Waals surface area (Å²) in [6.07, 6.45) is 0. The number of carbonyl (C=O) groups is 1. The summed E-state index contributed by atoms with van der Waals surface area (Å²) in [4.78, 5) is 17.4. The lowest BCUT2D eigenvalue weighted by Gasteiger charge is -2.14. The number of oxazole rings is 1. The molecule has 0 unspecified atom stereocenters. The highest BCUT2D eigenvalue weighted by atomic mass is 35.5. The maximum absolute atomic E-state index is 12.9. The van der Waals surface area contributed by atoms with Crippen LogP contribution in [0.25, 0.3) is 22.6 Å². The molecule has 4 aromatic rings. The van der Waals surface area contributed by atoms with E-state index in [1.165, 1.54) is 21.3 Å². The predicted molar refractivity (Wildman–Crippen MR) is 124 cm³/mol. The number of aromatic nitrogens is 1. The number of fused-ring (bicyclic) bond motifs is 1. The number of nitrogens with zero attached hydrogens (tertiary/aromatic N) is 1. The summed E-state index contributed by atoms with van der Waals surface area (Å²) in [5.74, 6) is 1.09. The number of rotatable bonds is 6. The summed E-state index contributed by atoms with van der Waals surface area (Å²) >= 11 is 12.4. The van der Waals surface area contributed by atoms with Gasteiger partial charge in [0, 0.05) is 16.3 Å². The maximum atomic E-state index is 12.9. The van der Waals surface area contributed by atoms with Crippen LogP contribution >= 0.6 is 23.2 Å². The van der Waals surface area contributed by atoms with Crippen molar-refractivity contribution in [2.75, 3.05) is 26.6 Å². The van der Waals surface area contributed by atoms with E-state index < -0.39 is 0 Å². The Kier molecular flexibility index (Phi) is 6.12. The van der Waals surface area contributed by atoms with Crippen molar-refractivity contribution in [1.82, 2.24) is 4.98 Å². The van der Waals surface area contributed by atoms with Crippen LogP contribution in [0, 0.1) is 0 Å². The van der Waals surface area contributed by atoms with Gasteiger partial charge in [-0.05, 0) is 48.5 Å². The zero-order valence-corrected chi connectivity index (χ0v) is 18.9. The molecule has 32 heavy (non-hydrogen) atoms. The first kappa shape index (κ1) is 21.8. The Labute approximate surface area is 193 Å². The number of benzene rings is 3. The topological polar surface area (TPSA) is 82.8 Å². The third kappa shape index (κ3) is 4.17. The van der Waals surface area contributed by atoms with Crippen LogP contribution in [0.3, 0.4) is 0 Å². The van der Waals surface area contributed by atoms with Gasteiger partial charge >= 0.3 is 0 Å². The lowest BCUT2D eigenvalue weighted by atomic mass is 10.1. The number of amides is 1. The molecule has 3 aromatic carbocycles. The van der Waals surface area contributed by atoms with Crippen LogP contribution < -0.4 is 19.5 Å². The van der Waals surface area contributed by atoms with Crippen LogP contribution in [-0.4, -0.2) is 32.2 Å². The fourth-order valence-corrected chi connectivity index (χ4v) is 3.56. The fourth-order valence-electron chi connectivity index (χ4n) is 3.20. The zero-order chi connectivity index (χ0) is 22.8. The third-order valence-electron chi connectivity index (χ3n) is 4.73. The van der Waals surface area contributed by atoms with E-state index in [9.17, 15) is 4.79 Å². The molecule has 0 fully saturated rings. The Hall–Kier alpha value is -3.42. The van der Waals surface area contributed by atoms with Crippen molar-refractivity contribution < 1.29 is 23.4 Å². The summed E-state index contributed by atoms with van der Waals surface area (Å²) in [6, 6.07) is 13.3. The number of methoxy groups -OCH3 is 3. The molecule has 0 saturated carbocycles. The Morgan fingerprint density at radius 2 is 1.66 bits per heavy atom. The normalized spacial score (nSPS) is 10.8. The minimum Gasteiger partial charge on any atom is -0.493 e. The number of nitrogens with one attached hydrogen (secondary N) is 1. The summed E-state index contributed by atoms with van der Waals surface area (Å²) in [5, 5.41) is 3.81. The highest BCUT2D eigenvalue weighted by Crippen LogP contribution is 2.38. The minimum absolute atomic E-state index is 0.316. The molecule has 0 bridgehead atoms. The molecule has 0 aliphatic rings. The van der Waals surface area contributed by atoms with Gasteiger partial charge in [0.15, 0.2) is 17.1 Å². The van der Waals surface area contributed by atoms with Crippen molar-refractivity contribution in [2.24, 2.45) is 0 Å². The van der Waals surface area contributed by atoms with Crippen molar-refractivity contribution in [3.8, 4) is 28.7 Å². The standard InChI is InChI=1S/C23H18Cl2N2O5/c1-29-19-8-12(9-20(30-2)21(19)31-3)22(28)26-14-5-6-16(25)15(11-14)23-27-17-10-13(24)4-7-18(17)32-23/h4-11H,1-3H3,(H,26,28). The molecule has 1 amide bonds. The molecule has 0 spiro atoms. The average molecular weight is 473 g/mol. The first-order chi connectivity index (χ1) is 15.4. The van der Waals surface area contributed by atoms with Crippen molar-refractivity contribution in [3.63, 3.8) is 0 Å². The monoisotopic (exact) mass is 472 g/mol. The highest BCUT2D eigenvalue weighted by Gasteiger charge is 2.18. The molecule has 0 radical (unpaired) electrons. The summed E-state index contributed by atoms with van der Waals surface area (Å²) < 4.78 is 21.7. The SMILES string of the molecule is COc1cc(C(=O)Nc2ccc(Cl)c(-c3nc4cc(Cl)ccc4o3)c2)cc(OC)c1OC. The number of hydrogen-bond donors (Lipinski definition) is 1. The maximum Gasteiger partial charge on any atom is 0.255 e. The second-order valence-corrected chi connectivity index (χ2v) is 7.54. The Morgan fingerprint density at radius 3 is 2.31 bits per heavy atom.